The van der Waals surface area contributed by atoms with Crippen LogP contribution in [0.4, 0.5) is 18.0 Å². The van der Waals surface area contributed by atoms with Crippen LogP contribution in [0, 0.1) is 17.5 Å². The first-order chi connectivity index (χ1) is 16.4. The summed E-state index contributed by atoms with van der Waals surface area (Å²) >= 11 is 0. The Morgan fingerprint density at radius 2 is 1.44 bits per heavy atom. The Morgan fingerprint density at radius 1 is 0.765 bits per heavy atom. The van der Waals surface area contributed by atoms with Crippen LogP contribution < -0.4 is 4.74 Å². The number of carbonyl (C=O) groups is 1. The number of rotatable bonds is 10. The standard InChI is InChI=1S/C28H29F3O3/c1-3-5-7-8-19-9-11-20(12-10-19)21-13-14-22(24(29)18-21)23-15-16-25(27(31)26(23)30)34-28(32)33-17-6-4-2/h9-16,18H,3-8,17H2,1-2H3. The fourth-order valence-corrected chi connectivity index (χ4v) is 3.59. The molecule has 180 valence electrons. The zero-order valence-corrected chi connectivity index (χ0v) is 19.5. The lowest BCUT2D eigenvalue weighted by atomic mass is 9.97. The summed E-state index contributed by atoms with van der Waals surface area (Å²) in [6.45, 7) is 4.20. The van der Waals surface area contributed by atoms with E-state index in [0.29, 0.717) is 12.0 Å². The van der Waals surface area contributed by atoms with Crippen LogP contribution in [0.1, 0.15) is 51.5 Å². The minimum atomic E-state index is -1.38. The van der Waals surface area contributed by atoms with Gasteiger partial charge in [0, 0.05) is 11.1 Å². The Balaban J connectivity index is 1.76. The van der Waals surface area contributed by atoms with Crippen LogP contribution in [0.25, 0.3) is 22.3 Å². The lowest BCUT2D eigenvalue weighted by molar-refractivity contribution is 0.0961. The third kappa shape index (κ3) is 6.40. The Bertz CT molecular complexity index is 1110. The van der Waals surface area contributed by atoms with Crippen LogP contribution in [-0.4, -0.2) is 12.8 Å². The van der Waals surface area contributed by atoms with Crippen molar-refractivity contribution in [2.75, 3.05) is 6.61 Å². The van der Waals surface area contributed by atoms with Crippen molar-refractivity contribution in [3.8, 4) is 28.0 Å². The molecule has 3 aromatic carbocycles. The van der Waals surface area contributed by atoms with Gasteiger partial charge in [0.05, 0.1) is 6.61 Å². The summed E-state index contributed by atoms with van der Waals surface area (Å²) in [5.74, 6) is -3.98. The maximum absolute atomic E-state index is 14.9. The van der Waals surface area contributed by atoms with Crippen molar-refractivity contribution < 1.29 is 27.4 Å². The average Bonchev–Trinajstić information content (AvgIpc) is 2.83. The Morgan fingerprint density at radius 3 is 2.12 bits per heavy atom. The zero-order valence-electron chi connectivity index (χ0n) is 19.5. The van der Waals surface area contributed by atoms with E-state index in [1.807, 2.05) is 31.2 Å². The highest BCUT2D eigenvalue weighted by molar-refractivity contribution is 5.72. The van der Waals surface area contributed by atoms with E-state index in [1.165, 1.54) is 30.2 Å². The van der Waals surface area contributed by atoms with E-state index in [2.05, 4.69) is 6.92 Å². The highest BCUT2D eigenvalue weighted by Gasteiger charge is 2.20. The molecule has 0 amide bonds. The monoisotopic (exact) mass is 470 g/mol. The zero-order chi connectivity index (χ0) is 24.5. The first kappa shape index (κ1) is 25.3. The van der Waals surface area contributed by atoms with Gasteiger partial charge in [0.25, 0.3) is 0 Å². The van der Waals surface area contributed by atoms with Crippen LogP contribution in [0.15, 0.2) is 54.6 Å². The van der Waals surface area contributed by atoms with E-state index in [1.54, 1.807) is 6.07 Å². The van der Waals surface area contributed by atoms with Gasteiger partial charge in [-0.3, -0.25) is 0 Å². The van der Waals surface area contributed by atoms with Crippen molar-refractivity contribution in [1.29, 1.82) is 0 Å². The highest BCUT2D eigenvalue weighted by Crippen LogP contribution is 2.33. The van der Waals surface area contributed by atoms with Gasteiger partial charge < -0.3 is 9.47 Å². The number of halogens is 3. The number of aryl methyl sites for hydroxylation is 1. The van der Waals surface area contributed by atoms with Crippen LogP contribution >= 0.6 is 0 Å². The molecule has 34 heavy (non-hydrogen) atoms. The minimum absolute atomic E-state index is 0.0894. The third-order valence-corrected chi connectivity index (χ3v) is 5.57. The topological polar surface area (TPSA) is 35.5 Å². The fraction of sp³-hybridized carbons (Fsp3) is 0.321. The summed E-state index contributed by atoms with van der Waals surface area (Å²) < 4.78 is 53.6. The summed E-state index contributed by atoms with van der Waals surface area (Å²) in [5.41, 5.74) is 2.34. The number of hydrogen-bond acceptors (Lipinski definition) is 3. The smallest absolute Gasteiger partial charge is 0.434 e. The predicted molar refractivity (Wildman–Crippen MR) is 127 cm³/mol. The molecule has 6 heteroatoms. The van der Waals surface area contributed by atoms with Gasteiger partial charge in [-0.2, -0.15) is 4.39 Å². The van der Waals surface area contributed by atoms with E-state index in [0.717, 1.165) is 37.3 Å². The maximum atomic E-state index is 14.9. The number of hydrogen-bond donors (Lipinski definition) is 0. The van der Waals surface area contributed by atoms with E-state index >= 15 is 0 Å². The molecule has 0 aliphatic carbocycles. The molecule has 0 aliphatic heterocycles. The van der Waals surface area contributed by atoms with Crippen LogP contribution in [0.2, 0.25) is 0 Å². The molecule has 0 radical (unpaired) electrons. The molecule has 0 fully saturated rings. The number of ether oxygens (including phenoxy) is 2. The molecule has 0 saturated carbocycles. The molecule has 3 rings (SSSR count). The molecule has 0 saturated heterocycles. The summed E-state index contributed by atoms with van der Waals surface area (Å²) in [5, 5.41) is 0. The molecule has 0 aromatic heterocycles. The summed E-state index contributed by atoms with van der Waals surface area (Å²) in [4.78, 5) is 11.6. The molecule has 0 bridgehead atoms. The van der Waals surface area contributed by atoms with Crippen LogP contribution in [-0.2, 0) is 11.2 Å². The van der Waals surface area contributed by atoms with Crippen LogP contribution in [0.5, 0.6) is 5.75 Å². The summed E-state index contributed by atoms with van der Waals surface area (Å²) in [6, 6.07) is 14.6. The lowest BCUT2D eigenvalue weighted by Gasteiger charge is -2.11. The highest BCUT2D eigenvalue weighted by atomic mass is 19.2. The van der Waals surface area contributed by atoms with Crippen molar-refractivity contribution in [1.82, 2.24) is 0 Å². The predicted octanol–water partition coefficient (Wildman–Crippen LogP) is 8.49. The third-order valence-electron chi connectivity index (χ3n) is 5.57. The van der Waals surface area contributed by atoms with Gasteiger partial charge in [0.2, 0.25) is 5.82 Å². The number of carbonyl (C=O) groups excluding carboxylic acids is 1. The lowest BCUT2D eigenvalue weighted by Crippen LogP contribution is -2.12. The van der Waals surface area contributed by atoms with Gasteiger partial charge >= 0.3 is 6.16 Å². The van der Waals surface area contributed by atoms with Gasteiger partial charge in [-0.05, 0) is 54.2 Å². The molecule has 0 spiro atoms. The molecule has 3 nitrogen and oxygen atoms in total. The fourth-order valence-electron chi connectivity index (χ4n) is 3.59. The van der Waals surface area contributed by atoms with Crippen molar-refractivity contribution in [3.05, 3.63) is 77.6 Å². The van der Waals surface area contributed by atoms with E-state index < -0.39 is 29.4 Å². The maximum Gasteiger partial charge on any atom is 0.513 e. The molecule has 0 heterocycles. The van der Waals surface area contributed by atoms with Gasteiger partial charge in [-0.1, -0.05) is 69.5 Å². The number of unbranched alkanes of at least 4 members (excludes halogenated alkanes) is 3. The molecule has 0 aliphatic rings. The van der Waals surface area contributed by atoms with Crippen molar-refractivity contribution in [3.63, 3.8) is 0 Å². The molecule has 0 unspecified atom stereocenters. The molecular weight excluding hydrogens is 441 g/mol. The van der Waals surface area contributed by atoms with Crippen molar-refractivity contribution in [2.45, 2.75) is 52.4 Å². The van der Waals surface area contributed by atoms with Crippen LogP contribution in [0.3, 0.4) is 0 Å². The van der Waals surface area contributed by atoms with Gasteiger partial charge in [-0.25, -0.2) is 13.6 Å². The molecule has 0 atom stereocenters. The van der Waals surface area contributed by atoms with E-state index in [4.69, 9.17) is 9.47 Å². The SMILES string of the molecule is CCCCCc1ccc(-c2ccc(-c3ccc(OC(=O)OCCCC)c(F)c3F)c(F)c2)cc1. The second kappa shape index (κ2) is 12.3. The van der Waals surface area contributed by atoms with Crippen molar-refractivity contribution in [2.24, 2.45) is 0 Å². The van der Waals surface area contributed by atoms with Crippen molar-refractivity contribution >= 4 is 6.16 Å². The Kier molecular flexibility index (Phi) is 9.14. The largest absolute Gasteiger partial charge is 0.513 e. The Hall–Kier alpha value is -3.28. The second-order valence-corrected chi connectivity index (χ2v) is 8.14. The van der Waals surface area contributed by atoms with Gasteiger partial charge in [-0.15, -0.1) is 0 Å². The summed E-state index contributed by atoms with van der Waals surface area (Å²) in [6.07, 6.45) is 4.79. The minimum Gasteiger partial charge on any atom is -0.434 e. The average molecular weight is 471 g/mol. The van der Waals surface area contributed by atoms with E-state index in [-0.39, 0.29) is 17.7 Å². The Labute approximate surface area is 198 Å². The quantitative estimate of drug-likeness (QED) is 0.169. The molecule has 3 aromatic rings. The van der Waals surface area contributed by atoms with Gasteiger partial charge in [0.15, 0.2) is 11.6 Å². The van der Waals surface area contributed by atoms with Gasteiger partial charge in [0.1, 0.15) is 5.82 Å². The first-order valence-corrected chi connectivity index (χ1v) is 11.7. The second-order valence-electron chi connectivity index (χ2n) is 8.14. The number of benzene rings is 3. The van der Waals surface area contributed by atoms with E-state index in [9.17, 15) is 18.0 Å². The normalized spacial score (nSPS) is 10.9. The summed E-state index contributed by atoms with van der Waals surface area (Å²) in [7, 11) is 0. The molecule has 0 N–H and O–H groups in total. The molecular formula is C28H29F3O3. The first-order valence-electron chi connectivity index (χ1n) is 11.7.